The van der Waals surface area contributed by atoms with E-state index in [0.717, 1.165) is 43.9 Å². The number of hydrogen-bond acceptors (Lipinski definition) is 5. The molecule has 2 aromatic carbocycles. The quantitative estimate of drug-likeness (QED) is 0.685. The first kappa shape index (κ1) is 20.9. The Morgan fingerprint density at radius 1 is 1.00 bits per heavy atom. The summed E-state index contributed by atoms with van der Waals surface area (Å²) in [6.45, 7) is 8.01. The van der Waals surface area contributed by atoms with Gasteiger partial charge in [0.2, 0.25) is 5.95 Å². The molecule has 0 radical (unpaired) electrons. The van der Waals surface area contributed by atoms with Crippen LogP contribution in [0, 0.1) is 0 Å². The van der Waals surface area contributed by atoms with Crippen LogP contribution < -0.4 is 10.5 Å². The highest BCUT2D eigenvalue weighted by atomic mass is 16.5. The first-order chi connectivity index (χ1) is 15.5. The lowest BCUT2D eigenvalue weighted by Crippen LogP contribution is -2.47. The van der Waals surface area contributed by atoms with E-state index in [1.54, 1.807) is 0 Å². The number of nitrogens with zero attached hydrogens (tertiary/aromatic N) is 3. The van der Waals surface area contributed by atoms with E-state index in [9.17, 15) is 4.79 Å². The molecule has 2 atom stereocenters. The maximum Gasteiger partial charge on any atom is 0.255 e. The molecule has 1 N–H and O–H groups in total. The fourth-order valence-electron chi connectivity index (χ4n) is 4.81. The molecule has 0 saturated carbocycles. The minimum absolute atomic E-state index is 0.00339. The number of aromatic nitrogens is 2. The maximum absolute atomic E-state index is 12.8. The van der Waals surface area contributed by atoms with Crippen molar-refractivity contribution >= 4 is 5.95 Å². The third-order valence-corrected chi connectivity index (χ3v) is 6.33. The van der Waals surface area contributed by atoms with Crippen LogP contribution in [0.25, 0.3) is 11.1 Å². The van der Waals surface area contributed by atoms with E-state index in [-0.39, 0.29) is 17.8 Å². The van der Waals surface area contributed by atoms with Gasteiger partial charge in [0.15, 0.2) is 0 Å². The van der Waals surface area contributed by atoms with E-state index >= 15 is 0 Å². The third-order valence-electron chi connectivity index (χ3n) is 6.33. The minimum Gasteiger partial charge on any atom is -0.372 e. The highest BCUT2D eigenvalue weighted by Gasteiger charge is 2.27. The van der Waals surface area contributed by atoms with E-state index in [1.807, 2.05) is 6.07 Å². The van der Waals surface area contributed by atoms with E-state index in [2.05, 4.69) is 77.2 Å². The second kappa shape index (κ2) is 8.88. The molecule has 1 fully saturated rings. The molecule has 3 aromatic rings. The van der Waals surface area contributed by atoms with Crippen LogP contribution in [0.15, 0.2) is 59.4 Å². The summed E-state index contributed by atoms with van der Waals surface area (Å²) in [5.74, 6) is 0.671. The molecule has 1 aromatic heterocycles. The molecule has 5 rings (SSSR count). The number of H-pyrrole nitrogens is 1. The molecule has 0 aliphatic carbocycles. The van der Waals surface area contributed by atoms with Gasteiger partial charge in [0.25, 0.3) is 5.56 Å². The van der Waals surface area contributed by atoms with Gasteiger partial charge in [0.1, 0.15) is 0 Å². The molecule has 0 amide bonds. The van der Waals surface area contributed by atoms with Crippen LogP contribution in [0.3, 0.4) is 0 Å². The highest BCUT2D eigenvalue weighted by Crippen LogP contribution is 2.23. The Morgan fingerprint density at radius 3 is 2.41 bits per heavy atom. The average Bonchev–Trinajstić information content (AvgIpc) is 2.79. The van der Waals surface area contributed by atoms with E-state index in [1.165, 1.54) is 16.7 Å². The zero-order valence-corrected chi connectivity index (χ0v) is 18.8. The molecule has 1 saturated heterocycles. The van der Waals surface area contributed by atoms with Crippen molar-refractivity contribution in [1.29, 1.82) is 0 Å². The number of fused-ring (bicyclic) bond motifs is 1. The molecule has 32 heavy (non-hydrogen) atoms. The molecule has 3 heterocycles. The summed E-state index contributed by atoms with van der Waals surface area (Å²) < 4.78 is 5.83. The molecule has 0 bridgehead atoms. The number of morpholine rings is 1. The van der Waals surface area contributed by atoms with E-state index in [4.69, 9.17) is 9.72 Å². The molecular weight excluding hydrogens is 400 g/mol. The number of anilines is 1. The van der Waals surface area contributed by atoms with Crippen LogP contribution in [0.5, 0.6) is 0 Å². The Labute approximate surface area is 188 Å². The molecule has 2 aliphatic rings. The van der Waals surface area contributed by atoms with Crippen molar-refractivity contribution < 1.29 is 4.74 Å². The Morgan fingerprint density at radius 2 is 1.69 bits per heavy atom. The number of hydrogen-bond donors (Lipinski definition) is 1. The van der Waals surface area contributed by atoms with Gasteiger partial charge < -0.3 is 9.64 Å². The van der Waals surface area contributed by atoms with Crippen molar-refractivity contribution in [2.75, 3.05) is 24.5 Å². The van der Waals surface area contributed by atoms with Crippen molar-refractivity contribution in [2.24, 2.45) is 0 Å². The average molecular weight is 431 g/mol. The summed E-state index contributed by atoms with van der Waals surface area (Å²) >= 11 is 0. The second-order valence-corrected chi connectivity index (χ2v) is 9.00. The summed E-state index contributed by atoms with van der Waals surface area (Å²) in [5, 5.41) is 0. The van der Waals surface area contributed by atoms with E-state index in [0.29, 0.717) is 12.5 Å². The highest BCUT2D eigenvalue weighted by molar-refractivity contribution is 5.63. The molecule has 2 unspecified atom stereocenters. The Bertz CT molecular complexity index is 1120. The summed E-state index contributed by atoms with van der Waals surface area (Å²) in [7, 11) is 0. The Balaban J connectivity index is 1.31. The molecule has 0 spiro atoms. The number of ether oxygens (including phenoxy) is 1. The van der Waals surface area contributed by atoms with Crippen LogP contribution in [0.2, 0.25) is 0 Å². The Kier molecular flexibility index (Phi) is 5.81. The van der Waals surface area contributed by atoms with Gasteiger partial charge in [0, 0.05) is 38.3 Å². The lowest BCUT2D eigenvalue weighted by molar-refractivity contribution is -0.00576. The van der Waals surface area contributed by atoms with Crippen molar-refractivity contribution in [2.45, 2.75) is 45.6 Å². The summed E-state index contributed by atoms with van der Waals surface area (Å²) in [4.78, 5) is 25.2. The Hall–Kier alpha value is -2.96. The van der Waals surface area contributed by atoms with Crippen LogP contribution in [0.1, 0.15) is 30.7 Å². The molecule has 2 aliphatic heterocycles. The first-order valence-corrected chi connectivity index (χ1v) is 11.4. The van der Waals surface area contributed by atoms with Gasteiger partial charge in [0.05, 0.1) is 17.9 Å². The molecular formula is C26H30N4O2. The van der Waals surface area contributed by atoms with Gasteiger partial charge in [-0.25, -0.2) is 4.98 Å². The van der Waals surface area contributed by atoms with Crippen molar-refractivity contribution in [3.63, 3.8) is 0 Å². The summed E-state index contributed by atoms with van der Waals surface area (Å²) in [5.41, 5.74) is 5.47. The zero-order chi connectivity index (χ0) is 22.1. The van der Waals surface area contributed by atoms with Crippen LogP contribution in [-0.2, 0) is 24.2 Å². The van der Waals surface area contributed by atoms with Crippen molar-refractivity contribution in [1.82, 2.24) is 14.9 Å². The van der Waals surface area contributed by atoms with Gasteiger partial charge in [-0.2, -0.15) is 0 Å². The minimum atomic E-state index is 0.00339. The lowest BCUT2D eigenvalue weighted by atomic mass is 10.0. The van der Waals surface area contributed by atoms with Crippen LogP contribution in [0.4, 0.5) is 5.95 Å². The maximum atomic E-state index is 12.8. The first-order valence-electron chi connectivity index (χ1n) is 11.4. The zero-order valence-electron chi connectivity index (χ0n) is 18.8. The summed E-state index contributed by atoms with van der Waals surface area (Å²) in [6, 6.07) is 19.2. The number of rotatable bonds is 4. The molecule has 6 nitrogen and oxygen atoms in total. The van der Waals surface area contributed by atoms with Gasteiger partial charge in [-0.05, 0) is 37.0 Å². The topological polar surface area (TPSA) is 61.5 Å². The SMILES string of the molecule is CC1CN(c2nc3c(c(=O)[nH]2)CCN(Cc2ccc(-c4ccccc4)cc2)C3)CC(C)O1. The van der Waals surface area contributed by atoms with Gasteiger partial charge >= 0.3 is 0 Å². The monoisotopic (exact) mass is 430 g/mol. The number of benzene rings is 2. The van der Waals surface area contributed by atoms with Gasteiger partial charge in [-0.3, -0.25) is 14.7 Å². The number of aromatic amines is 1. The van der Waals surface area contributed by atoms with Crippen molar-refractivity contribution in [3.8, 4) is 11.1 Å². The third kappa shape index (κ3) is 4.47. The normalized spacial score (nSPS) is 21.4. The second-order valence-electron chi connectivity index (χ2n) is 9.00. The largest absolute Gasteiger partial charge is 0.372 e. The molecule has 6 heteroatoms. The van der Waals surface area contributed by atoms with Crippen molar-refractivity contribution in [3.05, 3.63) is 81.8 Å². The predicted molar refractivity (Wildman–Crippen MR) is 127 cm³/mol. The smallest absolute Gasteiger partial charge is 0.255 e. The fraction of sp³-hybridized carbons (Fsp3) is 0.385. The van der Waals surface area contributed by atoms with E-state index < -0.39 is 0 Å². The van der Waals surface area contributed by atoms with Crippen LogP contribution in [-0.4, -0.2) is 46.7 Å². The summed E-state index contributed by atoms with van der Waals surface area (Å²) in [6.07, 6.45) is 0.974. The van der Waals surface area contributed by atoms with Gasteiger partial charge in [-0.1, -0.05) is 54.6 Å². The number of nitrogens with one attached hydrogen (secondary N) is 1. The molecule has 166 valence electrons. The lowest BCUT2D eigenvalue weighted by Gasteiger charge is -2.36. The fourth-order valence-corrected chi connectivity index (χ4v) is 4.81. The van der Waals surface area contributed by atoms with Gasteiger partial charge in [-0.15, -0.1) is 0 Å². The standard InChI is InChI=1S/C26H30N4O2/c1-18-14-30(15-19(2)32-18)26-27-24-17-29(13-12-23(24)25(31)28-26)16-20-8-10-22(11-9-20)21-6-4-3-5-7-21/h3-11,18-19H,12-17H2,1-2H3,(H,27,28,31). The predicted octanol–water partition coefficient (Wildman–Crippen LogP) is 3.61. The van der Waals surface area contributed by atoms with Crippen LogP contribution >= 0.6 is 0 Å².